The van der Waals surface area contributed by atoms with E-state index in [1.165, 1.54) is 29.2 Å². The molecule has 2 heterocycles. The van der Waals surface area contributed by atoms with Crippen molar-refractivity contribution in [1.29, 1.82) is 0 Å². The first kappa shape index (κ1) is 30.0. The van der Waals surface area contributed by atoms with Crippen LogP contribution in [-0.2, 0) is 20.7 Å². The standard InChI is InChI=1S/C31H32N6O7/c1-3-12-32-29(40)21-7-4-19(2)25(14-21)37(31(42)44-18-43-27(39)13-20-5-10-24(38)11-6-20)28-26-15-22(16-36(26)34-17-33-28)30(41)35-23-8-9-23/h4-7,10-11,14-17,23,38H,3,8-9,12-13,18H2,1-2H3,(H,32,40)(H,35,41). The van der Waals surface area contributed by atoms with Crippen LogP contribution in [0.5, 0.6) is 5.75 Å². The summed E-state index contributed by atoms with van der Waals surface area (Å²) in [6, 6.07) is 12.6. The van der Waals surface area contributed by atoms with Gasteiger partial charge in [0.1, 0.15) is 17.6 Å². The Hall–Kier alpha value is -5.46. The maximum absolute atomic E-state index is 13.7. The van der Waals surface area contributed by atoms with E-state index in [1.807, 2.05) is 6.92 Å². The minimum absolute atomic E-state index is 0.0656. The summed E-state index contributed by atoms with van der Waals surface area (Å²) in [6.45, 7) is 3.48. The first-order chi connectivity index (χ1) is 21.2. The van der Waals surface area contributed by atoms with Gasteiger partial charge in [-0.2, -0.15) is 5.10 Å². The van der Waals surface area contributed by atoms with Crippen LogP contribution in [0, 0.1) is 6.92 Å². The van der Waals surface area contributed by atoms with Crippen molar-refractivity contribution in [2.45, 2.75) is 45.6 Å². The fourth-order valence-corrected chi connectivity index (χ4v) is 4.38. The molecule has 2 aromatic heterocycles. The summed E-state index contributed by atoms with van der Waals surface area (Å²) in [7, 11) is 0. The summed E-state index contributed by atoms with van der Waals surface area (Å²) in [5.74, 6) is -1.09. The summed E-state index contributed by atoms with van der Waals surface area (Å²) in [4.78, 5) is 57.2. The number of benzene rings is 2. The third kappa shape index (κ3) is 7.12. The van der Waals surface area contributed by atoms with Crippen LogP contribution in [0.4, 0.5) is 16.3 Å². The molecule has 44 heavy (non-hydrogen) atoms. The SMILES string of the molecule is CCCNC(=O)c1ccc(C)c(N(C(=O)OCOC(=O)Cc2ccc(O)cc2)c2ncnn3cc(C(=O)NC4CC4)cc23)c1. The minimum atomic E-state index is -0.942. The first-order valence-electron chi connectivity index (χ1n) is 14.2. The van der Waals surface area contributed by atoms with Crippen LogP contribution in [0.3, 0.4) is 0 Å². The van der Waals surface area contributed by atoms with Gasteiger partial charge in [-0.25, -0.2) is 19.2 Å². The van der Waals surface area contributed by atoms with Gasteiger partial charge in [0.2, 0.25) is 6.79 Å². The van der Waals surface area contributed by atoms with Gasteiger partial charge in [0.05, 0.1) is 17.7 Å². The number of hydrogen-bond donors (Lipinski definition) is 3. The van der Waals surface area contributed by atoms with Crippen LogP contribution < -0.4 is 15.5 Å². The molecule has 13 heteroatoms. The predicted octanol–water partition coefficient (Wildman–Crippen LogP) is 3.79. The lowest BCUT2D eigenvalue weighted by atomic mass is 10.1. The van der Waals surface area contributed by atoms with Gasteiger partial charge in [-0.05, 0) is 67.6 Å². The van der Waals surface area contributed by atoms with E-state index in [2.05, 4.69) is 20.7 Å². The van der Waals surface area contributed by atoms with Gasteiger partial charge in [0.15, 0.2) is 5.82 Å². The number of amides is 3. The number of phenols is 1. The average Bonchev–Trinajstić information content (AvgIpc) is 3.71. The van der Waals surface area contributed by atoms with Crippen LogP contribution >= 0.6 is 0 Å². The second-order valence-electron chi connectivity index (χ2n) is 10.4. The third-order valence-electron chi connectivity index (χ3n) is 6.89. The number of aromatic nitrogens is 3. The Bertz CT molecular complexity index is 1700. The topological polar surface area (TPSA) is 164 Å². The molecule has 1 fully saturated rings. The molecule has 1 aliphatic carbocycles. The maximum atomic E-state index is 13.7. The highest BCUT2D eigenvalue weighted by Gasteiger charge is 2.29. The third-order valence-corrected chi connectivity index (χ3v) is 6.89. The summed E-state index contributed by atoms with van der Waals surface area (Å²) >= 11 is 0. The molecule has 3 N–H and O–H groups in total. The Balaban J connectivity index is 1.44. The molecule has 0 spiro atoms. The number of aromatic hydroxyl groups is 1. The highest BCUT2D eigenvalue weighted by atomic mass is 16.7. The number of aryl methyl sites for hydroxylation is 1. The number of carbonyl (C=O) groups is 4. The van der Waals surface area contributed by atoms with Crippen LogP contribution in [0.1, 0.15) is 58.0 Å². The van der Waals surface area contributed by atoms with Gasteiger partial charge >= 0.3 is 12.1 Å². The van der Waals surface area contributed by atoms with Gasteiger partial charge in [0.25, 0.3) is 11.8 Å². The summed E-state index contributed by atoms with van der Waals surface area (Å²) in [5.41, 5.74) is 2.48. The normalized spacial score (nSPS) is 12.4. The van der Waals surface area contributed by atoms with Crippen molar-refractivity contribution in [2.24, 2.45) is 0 Å². The van der Waals surface area contributed by atoms with Crippen LogP contribution in [-0.4, -0.2) is 63.0 Å². The van der Waals surface area contributed by atoms with Gasteiger partial charge in [-0.15, -0.1) is 0 Å². The molecule has 5 rings (SSSR count). The molecule has 4 aromatic rings. The van der Waals surface area contributed by atoms with Crippen molar-refractivity contribution in [3.05, 3.63) is 83.3 Å². The number of phenolic OH excluding ortho intramolecular Hbond substituents is 1. The molecule has 0 radical (unpaired) electrons. The molecule has 228 valence electrons. The van der Waals surface area contributed by atoms with Gasteiger partial charge in [-0.3, -0.25) is 14.4 Å². The molecule has 0 saturated heterocycles. The number of rotatable bonds is 11. The molecule has 0 bridgehead atoms. The smallest absolute Gasteiger partial charge is 0.423 e. The van der Waals surface area contributed by atoms with E-state index in [9.17, 15) is 24.3 Å². The van der Waals surface area contributed by atoms with Crippen molar-refractivity contribution in [1.82, 2.24) is 25.2 Å². The molecule has 0 atom stereocenters. The van der Waals surface area contributed by atoms with E-state index in [1.54, 1.807) is 43.3 Å². The Labute approximate surface area is 252 Å². The lowest BCUT2D eigenvalue weighted by Gasteiger charge is -2.24. The fraction of sp³-hybridized carbons (Fsp3) is 0.290. The van der Waals surface area contributed by atoms with Gasteiger partial charge < -0.3 is 25.2 Å². The Morgan fingerprint density at radius 3 is 2.52 bits per heavy atom. The van der Waals surface area contributed by atoms with Crippen molar-refractivity contribution >= 4 is 40.9 Å². The number of ether oxygens (including phenoxy) is 2. The number of hydrogen-bond acceptors (Lipinski definition) is 9. The molecular formula is C31H32N6O7. The largest absolute Gasteiger partial charge is 0.508 e. The van der Waals surface area contributed by atoms with Crippen molar-refractivity contribution in [2.75, 3.05) is 18.2 Å². The van der Waals surface area contributed by atoms with Crippen LogP contribution in [0.2, 0.25) is 0 Å². The number of carbonyl (C=O) groups excluding carboxylic acids is 4. The van der Waals surface area contributed by atoms with Crippen LogP contribution in [0.25, 0.3) is 5.52 Å². The highest BCUT2D eigenvalue weighted by molar-refractivity contribution is 6.03. The summed E-state index contributed by atoms with van der Waals surface area (Å²) in [5, 5.41) is 19.4. The number of anilines is 2. The maximum Gasteiger partial charge on any atom is 0.423 e. The van der Waals surface area contributed by atoms with Crippen molar-refractivity contribution in [3.8, 4) is 5.75 Å². The zero-order chi connectivity index (χ0) is 31.2. The molecule has 0 unspecified atom stereocenters. The van der Waals surface area contributed by atoms with Gasteiger partial charge in [-0.1, -0.05) is 25.1 Å². The quantitative estimate of drug-likeness (QED) is 0.172. The monoisotopic (exact) mass is 600 g/mol. The number of nitrogens with one attached hydrogen (secondary N) is 2. The lowest BCUT2D eigenvalue weighted by Crippen LogP contribution is -2.31. The van der Waals surface area contributed by atoms with E-state index in [0.717, 1.165) is 24.2 Å². The van der Waals surface area contributed by atoms with E-state index < -0.39 is 18.9 Å². The number of fused-ring (bicyclic) bond motifs is 1. The molecule has 3 amide bonds. The van der Waals surface area contributed by atoms with E-state index in [4.69, 9.17) is 9.47 Å². The van der Waals surface area contributed by atoms with Crippen molar-refractivity contribution in [3.63, 3.8) is 0 Å². The van der Waals surface area contributed by atoms with Gasteiger partial charge in [0, 0.05) is 24.3 Å². The molecule has 0 aliphatic heterocycles. The molecule has 13 nitrogen and oxygen atoms in total. The lowest BCUT2D eigenvalue weighted by molar-refractivity contribution is -0.150. The Morgan fingerprint density at radius 2 is 1.80 bits per heavy atom. The molecule has 1 aliphatic rings. The second-order valence-corrected chi connectivity index (χ2v) is 10.4. The van der Waals surface area contributed by atoms with E-state index >= 15 is 0 Å². The molecular weight excluding hydrogens is 568 g/mol. The van der Waals surface area contributed by atoms with E-state index in [0.29, 0.717) is 40.0 Å². The minimum Gasteiger partial charge on any atom is -0.508 e. The molecule has 2 aromatic carbocycles. The number of esters is 1. The van der Waals surface area contributed by atoms with Crippen molar-refractivity contribution < 1.29 is 33.8 Å². The second kappa shape index (κ2) is 13.2. The number of nitrogens with zero attached hydrogens (tertiary/aromatic N) is 4. The predicted molar refractivity (Wildman–Crippen MR) is 159 cm³/mol. The van der Waals surface area contributed by atoms with E-state index in [-0.39, 0.29) is 35.8 Å². The first-order valence-corrected chi connectivity index (χ1v) is 14.2. The summed E-state index contributed by atoms with van der Waals surface area (Å²) < 4.78 is 12.0. The molecule has 1 saturated carbocycles. The zero-order valence-electron chi connectivity index (χ0n) is 24.3. The fourth-order valence-electron chi connectivity index (χ4n) is 4.38. The summed E-state index contributed by atoms with van der Waals surface area (Å²) in [6.07, 6.45) is 4.32. The Morgan fingerprint density at radius 1 is 1.02 bits per heavy atom. The zero-order valence-corrected chi connectivity index (χ0v) is 24.3. The Kier molecular flexibility index (Phi) is 9.03. The average molecular weight is 601 g/mol. The van der Waals surface area contributed by atoms with Crippen LogP contribution in [0.15, 0.2) is 61.1 Å². The highest BCUT2D eigenvalue weighted by Crippen LogP contribution is 2.32.